The Morgan fingerprint density at radius 2 is 2.46 bits per heavy atom. The van der Waals surface area contributed by atoms with E-state index in [-0.39, 0.29) is 12.0 Å². The van der Waals surface area contributed by atoms with Gasteiger partial charge < -0.3 is 4.74 Å². The van der Waals surface area contributed by atoms with E-state index in [9.17, 15) is 4.79 Å². The van der Waals surface area contributed by atoms with Crippen LogP contribution in [0.3, 0.4) is 0 Å². The number of rotatable bonds is 2. The van der Waals surface area contributed by atoms with Crippen molar-refractivity contribution in [3.05, 3.63) is 23.5 Å². The minimum Gasteiger partial charge on any atom is -0.464 e. The maximum Gasteiger partial charge on any atom is 0.356 e. The normalized spacial score (nSPS) is 9.69. The van der Waals surface area contributed by atoms with Crippen molar-refractivity contribution in [1.29, 1.82) is 0 Å². The lowest BCUT2D eigenvalue weighted by Gasteiger charge is -2.04. The molecule has 3 nitrogen and oxygen atoms in total. The summed E-state index contributed by atoms with van der Waals surface area (Å²) in [6.45, 7) is 0. The van der Waals surface area contributed by atoms with Gasteiger partial charge in [0.15, 0.2) is 5.69 Å². The molecule has 2 radical (unpaired) electrons. The Labute approximate surface area is 83.3 Å². The van der Waals surface area contributed by atoms with E-state index in [1.165, 1.54) is 13.3 Å². The van der Waals surface area contributed by atoms with E-state index in [1.807, 2.05) is 0 Å². The number of carbonyl (C=O) groups is 1. The number of methoxy groups -OCH3 is 1. The zero-order valence-electron chi connectivity index (χ0n) is 7.15. The van der Waals surface area contributed by atoms with Crippen molar-refractivity contribution in [2.24, 2.45) is 0 Å². The van der Waals surface area contributed by atoms with Gasteiger partial charge in [0.25, 0.3) is 0 Å². The number of nitrogens with zero attached hydrogens (tertiary/aromatic N) is 1. The summed E-state index contributed by atoms with van der Waals surface area (Å²) in [6.07, 6.45) is 1.72. The van der Waals surface area contributed by atoms with Gasteiger partial charge in [0.05, 0.1) is 15.0 Å². The summed E-state index contributed by atoms with van der Waals surface area (Å²) in [5.74, 6) is -0.478. The van der Waals surface area contributed by atoms with Gasteiger partial charge in [-0.25, -0.2) is 9.78 Å². The summed E-state index contributed by atoms with van der Waals surface area (Å²) in [6, 6.07) is 1.70. The van der Waals surface area contributed by atoms with Crippen LogP contribution in [0.2, 0.25) is 0 Å². The Bertz CT molecular complexity index is 330. The molecule has 0 aromatic carbocycles. The van der Waals surface area contributed by atoms with Gasteiger partial charge in [0, 0.05) is 11.1 Å². The van der Waals surface area contributed by atoms with Crippen molar-refractivity contribution in [1.82, 2.24) is 4.98 Å². The summed E-state index contributed by atoms with van der Waals surface area (Å²) in [7, 11) is 6.73. The molecule has 0 fully saturated rings. The second-order valence-corrected chi connectivity index (χ2v) is 2.91. The van der Waals surface area contributed by atoms with E-state index in [2.05, 4.69) is 22.3 Å². The molecule has 0 aliphatic carbocycles. The summed E-state index contributed by atoms with van der Waals surface area (Å²) >= 11 is 4.08. The predicted molar refractivity (Wildman–Crippen MR) is 52.3 cm³/mol. The monoisotopic (exact) mass is 193 g/mol. The number of esters is 1. The van der Waals surface area contributed by atoms with Gasteiger partial charge in [0.2, 0.25) is 0 Å². The van der Waals surface area contributed by atoms with Crippen LogP contribution in [0.15, 0.2) is 17.2 Å². The second-order valence-electron chi connectivity index (χ2n) is 2.40. The van der Waals surface area contributed by atoms with E-state index in [1.54, 1.807) is 6.07 Å². The van der Waals surface area contributed by atoms with Gasteiger partial charge in [-0.3, -0.25) is 0 Å². The molecule has 1 heterocycles. The minimum absolute atomic E-state index is 0.242. The SMILES string of the molecule is [B]Cc1cc(S)cnc1C(=O)OC. The third kappa shape index (κ3) is 2.24. The smallest absolute Gasteiger partial charge is 0.356 e. The molecule has 0 saturated heterocycles. The van der Waals surface area contributed by atoms with Crippen LogP contribution in [-0.4, -0.2) is 25.9 Å². The van der Waals surface area contributed by atoms with Gasteiger partial charge >= 0.3 is 5.97 Å². The lowest BCUT2D eigenvalue weighted by molar-refractivity contribution is 0.0593. The molecule has 0 spiro atoms. The Balaban J connectivity index is 3.13. The zero-order chi connectivity index (χ0) is 9.84. The van der Waals surface area contributed by atoms with Gasteiger partial charge in [-0.15, -0.1) is 12.6 Å². The molecule has 0 saturated carbocycles. The van der Waals surface area contributed by atoms with Crippen LogP contribution >= 0.6 is 12.6 Å². The van der Waals surface area contributed by atoms with Crippen molar-refractivity contribution < 1.29 is 9.53 Å². The Kier molecular flexibility index (Phi) is 3.36. The first-order valence-electron chi connectivity index (χ1n) is 3.65. The highest BCUT2D eigenvalue weighted by molar-refractivity contribution is 7.80. The molecule has 1 aromatic rings. The number of pyridine rings is 1. The number of ether oxygens (including phenoxy) is 1. The summed E-state index contributed by atoms with van der Waals surface area (Å²) < 4.78 is 4.54. The Morgan fingerprint density at radius 1 is 1.77 bits per heavy atom. The van der Waals surface area contributed by atoms with Crippen molar-refractivity contribution in [3.63, 3.8) is 0 Å². The van der Waals surface area contributed by atoms with Crippen LogP contribution in [-0.2, 0) is 11.1 Å². The average Bonchev–Trinajstić information content (AvgIpc) is 2.16. The summed E-state index contributed by atoms with van der Waals surface area (Å²) in [5.41, 5.74) is 0.891. The lowest BCUT2D eigenvalue weighted by Crippen LogP contribution is -2.08. The van der Waals surface area contributed by atoms with Crippen LogP contribution < -0.4 is 0 Å². The molecule has 5 heteroatoms. The van der Waals surface area contributed by atoms with Crippen molar-refractivity contribution in [3.8, 4) is 0 Å². The minimum atomic E-state index is -0.478. The zero-order valence-corrected chi connectivity index (χ0v) is 8.04. The van der Waals surface area contributed by atoms with Crippen molar-refractivity contribution in [2.45, 2.75) is 11.2 Å². The van der Waals surface area contributed by atoms with E-state index >= 15 is 0 Å². The van der Waals surface area contributed by atoms with Crippen molar-refractivity contribution in [2.75, 3.05) is 7.11 Å². The number of aromatic nitrogens is 1. The molecule has 0 unspecified atom stereocenters. The molecular formula is C8H8BNO2S. The quantitative estimate of drug-likeness (QED) is 0.429. The molecule has 0 aliphatic heterocycles. The number of hydrogen-bond donors (Lipinski definition) is 1. The Morgan fingerprint density at radius 3 is 3.00 bits per heavy atom. The van der Waals surface area contributed by atoms with Gasteiger partial charge in [-0.1, -0.05) is 6.32 Å². The molecule has 0 atom stereocenters. The highest BCUT2D eigenvalue weighted by Gasteiger charge is 2.11. The first-order valence-corrected chi connectivity index (χ1v) is 4.10. The summed E-state index contributed by atoms with van der Waals surface area (Å²) in [4.78, 5) is 15.7. The molecule has 13 heavy (non-hydrogen) atoms. The van der Waals surface area contributed by atoms with Gasteiger partial charge in [-0.2, -0.15) is 0 Å². The third-order valence-electron chi connectivity index (χ3n) is 1.55. The van der Waals surface area contributed by atoms with Crippen LogP contribution in [0.5, 0.6) is 0 Å². The molecule has 0 bridgehead atoms. The average molecular weight is 193 g/mol. The van der Waals surface area contributed by atoms with Crippen LogP contribution in [0.25, 0.3) is 0 Å². The molecule has 1 rings (SSSR count). The van der Waals surface area contributed by atoms with E-state index in [0.717, 1.165) is 0 Å². The molecule has 0 amide bonds. The fourth-order valence-electron chi connectivity index (χ4n) is 0.934. The van der Waals surface area contributed by atoms with E-state index < -0.39 is 5.97 Å². The first-order chi connectivity index (χ1) is 6.19. The molecule has 1 aromatic heterocycles. The van der Waals surface area contributed by atoms with Crippen LogP contribution in [0.4, 0.5) is 0 Å². The Hall–Kier alpha value is -0.965. The predicted octanol–water partition coefficient (Wildman–Crippen LogP) is 0.825. The third-order valence-corrected chi connectivity index (χ3v) is 1.80. The first kappa shape index (κ1) is 10.1. The number of carbonyl (C=O) groups excluding carboxylic acids is 1. The molecule has 0 aliphatic rings. The fourth-order valence-corrected chi connectivity index (χ4v) is 1.15. The van der Waals surface area contributed by atoms with E-state index in [0.29, 0.717) is 10.5 Å². The number of hydrogen-bond acceptors (Lipinski definition) is 4. The molecular weight excluding hydrogens is 185 g/mol. The van der Waals surface area contributed by atoms with Crippen LogP contribution in [0.1, 0.15) is 16.1 Å². The highest BCUT2D eigenvalue weighted by atomic mass is 32.1. The van der Waals surface area contributed by atoms with Gasteiger partial charge in [-0.05, 0) is 11.6 Å². The van der Waals surface area contributed by atoms with Crippen molar-refractivity contribution >= 4 is 26.4 Å². The topological polar surface area (TPSA) is 39.2 Å². The molecule has 0 N–H and O–H groups in total. The fraction of sp³-hybridized carbons (Fsp3) is 0.250. The highest BCUT2D eigenvalue weighted by Crippen LogP contribution is 2.12. The van der Waals surface area contributed by atoms with E-state index in [4.69, 9.17) is 7.85 Å². The number of thiol groups is 1. The van der Waals surface area contributed by atoms with Gasteiger partial charge in [0.1, 0.15) is 0 Å². The largest absolute Gasteiger partial charge is 0.464 e. The second kappa shape index (κ2) is 4.32. The summed E-state index contributed by atoms with van der Waals surface area (Å²) in [5, 5.41) is 0. The molecule has 66 valence electrons. The standard InChI is InChI=1S/C8H8BNO2S/c1-12-8(11)7-5(3-9)2-6(13)4-10-7/h2,4,13H,3H2,1H3. The lowest BCUT2D eigenvalue weighted by atomic mass is 9.96. The maximum atomic E-state index is 11.1. The maximum absolute atomic E-state index is 11.1. The van der Waals surface area contributed by atoms with Crippen LogP contribution in [0, 0.1) is 0 Å².